The number of ether oxygens (including phenoxy) is 4. The van der Waals surface area contributed by atoms with Gasteiger partial charge in [-0.05, 0) is 59.3 Å². The van der Waals surface area contributed by atoms with E-state index in [-0.39, 0.29) is 13.2 Å². The van der Waals surface area contributed by atoms with Crippen LogP contribution >= 0.6 is 23.2 Å². The summed E-state index contributed by atoms with van der Waals surface area (Å²) in [5, 5.41) is 6.81. The molecule has 6 nitrogen and oxygen atoms in total. The van der Waals surface area contributed by atoms with E-state index in [1.807, 2.05) is 72.8 Å². The zero-order chi connectivity index (χ0) is 31.6. The van der Waals surface area contributed by atoms with Crippen LogP contribution in [0.25, 0.3) is 43.1 Å². The summed E-state index contributed by atoms with van der Waals surface area (Å²) in [5.74, 6) is 0.510. The van der Waals surface area contributed by atoms with E-state index in [1.165, 1.54) is 0 Å². The second kappa shape index (κ2) is 12.6. The van der Waals surface area contributed by atoms with Crippen LogP contribution in [0.1, 0.15) is 0 Å². The normalized spacial score (nSPS) is 11.2. The summed E-state index contributed by atoms with van der Waals surface area (Å²) in [6.45, 7) is -0.750. The number of benzene rings is 7. The second-order valence-corrected chi connectivity index (χ2v) is 11.4. The van der Waals surface area contributed by atoms with Crippen molar-refractivity contribution in [2.24, 2.45) is 0 Å². The molecule has 0 amide bonds. The molecule has 226 valence electrons. The van der Waals surface area contributed by atoms with E-state index in [0.717, 1.165) is 21.5 Å². The molecular formula is C38H24Cl2O6. The number of carbonyl (C=O) groups excluding carboxylic acids is 2. The lowest BCUT2D eigenvalue weighted by Crippen LogP contribution is -2.19. The summed E-state index contributed by atoms with van der Waals surface area (Å²) in [5.41, 5.74) is 0. The van der Waals surface area contributed by atoms with Gasteiger partial charge in [-0.3, -0.25) is 0 Å². The van der Waals surface area contributed by atoms with Crippen molar-refractivity contribution in [1.82, 2.24) is 0 Å². The van der Waals surface area contributed by atoms with Crippen LogP contribution in [-0.2, 0) is 9.59 Å². The summed E-state index contributed by atoms with van der Waals surface area (Å²) in [4.78, 5) is 26.1. The zero-order valence-electron chi connectivity index (χ0n) is 24.2. The molecule has 0 heterocycles. The van der Waals surface area contributed by atoms with Crippen molar-refractivity contribution < 1.29 is 28.5 Å². The number of fused-ring (bicyclic) bond motifs is 4. The van der Waals surface area contributed by atoms with Crippen molar-refractivity contribution in [2.45, 2.75) is 0 Å². The molecule has 0 atom stereocenters. The average Bonchev–Trinajstić information content (AvgIpc) is 3.06. The van der Waals surface area contributed by atoms with Gasteiger partial charge in [0.25, 0.3) is 0 Å². The quantitative estimate of drug-likeness (QED) is 0.0930. The minimum Gasteiger partial charge on any atom is -0.481 e. The van der Waals surface area contributed by atoms with Gasteiger partial charge in [-0.1, -0.05) is 96.0 Å². The third kappa shape index (κ3) is 5.88. The molecule has 0 saturated heterocycles. The van der Waals surface area contributed by atoms with E-state index in [4.69, 9.17) is 42.1 Å². The molecule has 0 bridgehead atoms. The molecule has 0 spiro atoms. The predicted octanol–water partition coefficient (Wildman–Crippen LogP) is 9.57. The fourth-order valence-corrected chi connectivity index (χ4v) is 5.89. The van der Waals surface area contributed by atoms with Crippen LogP contribution in [0.2, 0.25) is 10.0 Å². The number of hydrogen-bond donors (Lipinski definition) is 0. The second-order valence-electron chi connectivity index (χ2n) is 10.5. The maximum Gasteiger partial charge on any atom is 0.349 e. The number of esters is 2. The third-order valence-electron chi connectivity index (χ3n) is 7.56. The van der Waals surface area contributed by atoms with Crippen molar-refractivity contribution in [3.8, 4) is 23.0 Å². The Morgan fingerprint density at radius 2 is 0.870 bits per heavy atom. The molecule has 7 rings (SSSR count). The predicted molar refractivity (Wildman–Crippen MR) is 182 cm³/mol. The number of carbonyl (C=O) groups is 2. The van der Waals surface area contributed by atoms with E-state index in [1.54, 1.807) is 48.5 Å². The summed E-state index contributed by atoms with van der Waals surface area (Å²) in [6, 6.07) is 36.7. The average molecular weight is 648 g/mol. The van der Waals surface area contributed by atoms with Gasteiger partial charge in [-0.2, -0.15) is 0 Å². The van der Waals surface area contributed by atoms with Crippen molar-refractivity contribution >= 4 is 78.2 Å². The fourth-order valence-electron chi connectivity index (χ4n) is 5.54. The van der Waals surface area contributed by atoms with Gasteiger partial charge >= 0.3 is 11.9 Å². The Kier molecular flexibility index (Phi) is 8.06. The summed E-state index contributed by atoms with van der Waals surface area (Å²) >= 11 is 12.9. The van der Waals surface area contributed by atoms with Crippen LogP contribution in [-0.4, -0.2) is 25.2 Å². The maximum absolute atomic E-state index is 13.0. The smallest absolute Gasteiger partial charge is 0.349 e. The van der Waals surface area contributed by atoms with Crippen molar-refractivity contribution in [2.75, 3.05) is 13.2 Å². The molecular weight excluding hydrogens is 623 g/mol. The van der Waals surface area contributed by atoms with E-state index < -0.39 is 11.9 Å². The van der Waals surface area contributed by atoms with Gasteiger partial charge in [-0.25, -0.2) is 9.59 Å². The van der Waals surface area contributed by atoms with Gasteiger partial charge in [0.1, 0.15) is 23.0 Å². The van der Waals surface area contributed by atoms with Crippen molar-refractivity contribution in [1.29, 1.82) is 0 Å². The Balaban J connectivity index is 1.19. The highest BCUT2D eigenvalue weighted by Crippen LogP contribution is 2.44. The molecule has 0 fully saturated rings. The first-order chi connectivity index (χ1) is 22.4. The lowest BCUT2D eigenvalue weighted by Gasteiger charge is -2.18. The van der Waals surface area contributed by atoms with Gasteiger partial charge in [0.15, 0.2) is 13.2 Å². The highest BCUT2D eigenvalue weighted by Gasteiger charge is 2.20. The fraction of sp³-hybridized carbons (Fsp3) is 0.0526. The first kappa shape index (κ1) is 29.4. The van der Waals surface area contributed by atoms with Crippen LogP contribution in [0.3, 0.4) is 0 Å². The van der Waals surface area contributed by atoms with Gasteiger partial charge in [-0.15, -0.1) is 0 Å². The summed E-state index contributed by atoms with van der Waals surface area (Å²) in [6.07, 6.45) is 0. The molecule has 0 saturated carbocycles. The highest BCUT2D eigenvalue weighted by atomic mass is 35.5. The van der Waals surface area contributed by atoms with Crippen LogP contribution in [0, 0.1) is 0 Å². The zero-order valence-corrected chi connectivity index (χ0v) is 25.7. The van der Waals surface area contributed by atoms with Gasteiger partial charge in [0.05, 0.1) is 0 Å². The van der Waals surface area contributed by atoms with E-state index in [0.29, 0.717) is 54.6 Å². The molecule has 0 aliphatic carbocycles. The molecule has 0 N–H and O–H groups in total. The highest BCUT2D eigenvalue weighted by molar-refractivity contribution is 6.33. The molecule has 0 aliphatic rings. The van der Waals surface area contributed by atoms with E-state index >= 15 is 0 Å². The molecule has 8 heteroatoms. The standard InChI is InChI=1S/C38H24Cl2O6/c39-25-16-18-30-31(19-25)37(43-21-35(41)45-33-13-5-9-23-7-1-3-11-27(23)33)29-17-15-26(40)20-32(29)38(30)44-22-36(42)46-34-14-6-10-24-8-2-4-12-28(24)34/h1-20H,21-22H2. The molecule has 7 aromatic rings. The molecule has 0 unspecified atom stereocenters. The van der Waals surface area contributed by atoms with E-state index in [2.05, 4.69) is 0 Å². The van der Waals surface area contributed by atoms with Gasteiger partial charge < -0.3 is 18.9 Å². The number of rotatable bonds is 8. The maximum atomic E-state index is 13.0. The van der Waals surface area contributed by atoms with Crippen LogP contribution in [0.15, 0.2) is 121 Å². The number of halogens is 2. The molecule has 0 radical (unpaired) electrons. The lowest BCUT2D eigenvalue weighted by atomic mass is 10.0. The van der Waals surface area contributed by atoms with Crippen LogP contribution in [0.5, 0.6) is 23.0 Å². The Bertz CT molecular complexity index is 2130. The molecule has 0 aromatic heterocycles. The SMILES string of the molecule is O=C(COc1c2ccc(Cl)cc2c(OCC(=O)Oc2cccc3ccccc23)c2ccc(Cl)cc12)Oc1cccc2ccccc12. The summed E-state index contributed by atoms with van der Waals surface area (Å²) < 4.78 is 23.7. The topological polar surface area (TPSA) is 71.1 Å². The Labute approximate surface area is 273 Å². The van der Waals surface area contributed by atoms with Crippen molar-refractivity contribution in [3.05, 3.63) is 131 Å². The van der Waals surface area contributed by atoms with Crippen LogP contribution in [0.4, 0.5) is 0 Å². The van der Waals surface area contributed by atoms with Crippen LogP contribution < -0.4 is 18.9 Å². The first-order valence-electron chi connectivity index (χ1n) is 14.4. The molecule has 0 aliphatic heterocycles. The van der Waals surface area contributed by atoms with E-state index in [9.17, 15) is 9.59 Å². The Hall–Kier alpha value is -5.30. The Morgan fingerprint density at radius 3 is 1.33 bits per heavy atom. The molecule has 46 heavy (non-hydrogen) atoms. The number of hydrogen-bond acceptors (Lipinski definition) is 6. The van der Waals surface area contributed by atoms with Crippen molar-refractivity contribution in [3.63, 3.8) is 0 Å². The monoisotopic (exact) mass is 646 g/mol. The minimum atomic E-state index is -0.579. The Morgan fingerprint density at radius 1 is 0.457 bits per heavy atom. The third-order valence-corrected chi connectivity index (χ3v) is 8.03. The van der Waals surface area contributed by atoms with Gasteiger partial charge in [0, 0.05) is 42.4 Å². The minimum absolute atomic E-state index is 0.375. The largest absolute Gasteiger partial charge is 0.481 e. The molecule has 7 aromatic carbocycles. The van der Waals surface area contributed by atoms with Gasteiger partial charge in [0.2, 0.25) is 0 Å². The first-order valence-corrected chi connectivity index (χ1v) is 15.2. The summed E-state index contributed by atoms with van der Waals surface area (Å²) in [7, 11) is 0. The lowest BCUT2D eigenvalue weighted by molar-refractivity contribution is -0.137.